The zero-order chi connectivity index (χ0) is 17.6. The Hall–Kier alpha value is -1.81. The summed E-state index contributed by atoms with van der Waals surface area (Å²) in [6, 6.07) is 10.2. The number of rotatable bonds is 2. The molecule has 0 N–H and O–H groups in total. The molecule has 3 rings (SSSR count). The summed E-state index contributed by atoms with van der Waals surface area (Å²) in [6.45, 7) is 3.90. The molecule has 1 aliphatic rings. The lowest BCUT2D eigenvalue weighted by atomic mass is 10.0. The van der Waals surface area contributed by atoms with Crippen LogP contribution in [0.1, 0.15) is 16.7 Å². The fourth-order valence-electron chi connectivity index (χ4n) is 2.53. The van der Waals surface area contributed by atoms with Gasteiger partial charge in [0.05, 0.1) is 21.3 Å². The first-order chi connectivity index (χ1) is 11.3. The summed E-state index contributed by atoms with van der Waals surface area (Å²) in [7, 11) is 0. The first-order valence-corrected chi connectivity index (χ1v) is 8.26. The van der Waals surface area contributed by atoms with Crippen LogP contribution in [0.5, 0.6) is 0 Å². The molecule has 0 saturated heterocycles. The van der Waals surface area contributed by atoms with Gasteiger partial charge in [-0.2, -0.15) is 0 Å². The minimum atomic E-state index is -0.612. The number of anilines is 1. The molecule has 0 atom stereocenters. The molecule has 24 heavy (non-hydrogen) atoms. The van der Waals surface area contributed by atoms with Crippen molar-refractivity contribution < 1.29 is 9.59 Å². The van der Waals surface area contributed by atoms with Crippen LogP contribution in [0.15, 0.2) is 41.4 Å². The summed E-state index contributed by atoms with van der Waals surface area (Å²) in [5.41, 5.74) is 3.07. The van der Waals surface area contributed by atoms with E-state index in [1.165, 1.54) is 0 Å². The molecular weight excluding hydrogens is 369 g/mol. The van der Waals surface area contributed by atoms with E-state index in [-0.39, 0.29) is 26.3 Å². The Morgan fingerprint density at radius 3 is 2.25 bits per heavy atom. The van der Waals surface area contributed by atoms with Gasteiger partial charge in [-0.05, 0) is 42.7 Å². The molecule has 0 bridgehead atoms. The van der Waals surface area contributed by atoms with E-state index in [4.69, 9.17) is 34.8 Å². The highest BCUT2D eigenvalue weighted by atomic mass is 35.5. The first-order valence-electron chi connectivity index (χ1n) is 7.13. The molecule has 2 aromatic carbocycles. The molecule has 0 unspecified atom stereocenters. The topological polar surface area (TPSA) is 37.4 Å². The van der Waals surface area contributed by atoms with E-state index in [0.29, 0.717) is 5.56 Å². The summed E-state index contributed by atoms with van der Waals surface area (Å²) >= 11 is 18.3. The minimum absolute atomic E-state index is 0.126. The number of nitrogens with zero attached hydrogens (tertiary/aromatic N) is 1. The lowest BCUT2D eigenvalue weighted by Crippen LogP contribution is -2.31. The van der Waals surface area contributed by atoms with Crippen molar-refractivity contribution in [3.05, 3.63) is 68.2 Å². The monoisotopic (exact) mass is 379 g/mol. The van der Waals surface area contributed by atoms with Gasteiger partial charge in [-0.15, -0.1) is 0 Å². The summed E-state index contributed by atoms with van der Waals surface area (Å²) in [4.78, 5) is 26.3. The van der Waals surface area contributed by atoms with Crippen LogP contribution in [0.3, 0.4) is 0 Å². The van der Waals surface area contributed by atoms with Gasteiger partial charge in [-0.3, -0.25) is 9.59 Å². The van der Waals surface area contributed by atoms with Crippen LogP contribution >= 0.6 is 34.8 Å². The molecule has 0 aromatic heterocycles. The molecule has 0 spiro atoms. The fraction of sp³-hybridized carbons (Fsp3) is 0.111. The van der Waals surface area contributed by atoms with E-state index in [1.807, 2.05) is 26.0 Å². The van der Waals surface area contributed by atoms with Crippen LogP contribution in [0.4, 0.5) is 5.69 Å². The maximum Gasteiger partial charge on any atom is 0.277 e. The van der Waals surface area contributed by atoms with Crippen LogP contribution in [-0.4, -0.2) is 11.8 Å². The summed E-state index contributed by atoms with van der Waals surface area (Å²) in [6.07, 6.45) is 0. The molecule has 0 saturated carbocycles. The Bertz CT molecular complexity index is 918. The zero-order valence-electron chi connectivity index (χ0n) is 12.9. The van der Waals surface area contributed by atoms with Gasteiger partial charge in [0, 0.05) is 0 Å². The molecule has 0 fully saturated rings. The zero-order valence-corrected chi connectivity index (χ0v) is 15.1. The third kappa shape index (κ3) is 2.63. The number of hydrogen-bond acceptors (Lipinski definition) is 2. The predicted octanol–water partition coefficient (Wildman–Crippen LogP) is 5.13. The van der Waals surface area contributed by atoms with Gasteiger partial charge in [0.1, 0.15) is 5.03 Å². The number of amides is 2. The van der Waals surface area contributed by atoms with Crippen molar-refractivity contribution in [2.24, 2.45) is 0 Å². The van der Waals surface area contributed by atoms with E-state index < -0.39 is 11.8 Å². The SMILES string of the molecule is Cc1ccc(C2=C(Cl)C(=O)N(c3cccc(Cl)c3Cl)C2=O)cc1C. The Morgan fingerprint density at radius 1 is 0.875 bits per heavy atom. The molecule has 2 amide bonds. The van der Waals surface area contributed by atoms with Crippen molar-refractivity contribution in [3.8, 4) is 0 Å². The van der Waals surface area contributed by atoms with Gasteiger partial charge in [-0.25, -0.2) is 4.90 Å². The summed E-state index contributed by atoms with van der Waals surface area (Å²) < 4.78 is 0. The van der Waals surface area contributed by atoms with E-state index in [1.54, 1.807) is 24.3 Å². The molecule has 6 heteroatoms. The van der Waals surface area contributed by atoms with Crippen molar-refractivity contribution in [2.45, 2.75) is 13.8 Å². The highest BCUT2D eigenvalue weighted by molar-refractivity contribution is 6.61. The van der Waals surface area contributed by atoms with Crippen LogP contribution in [0, 0.1) is 13.8 Å². The number of carbonyl (C=O) groups is 2. The van der Waals surface area contributed by atoms with Crippen LogP contribution < -0.4 is 4.90 Å². The molecule has 122 valence electrons. The van der Waals surface area contributed by atoms with Gasteiger partial charge in [-0.1, -0.05) is 59.1 Å². The number of halogens is 3. The Balaban J connectivity index is 2.11. The highest BCUT2D eigenvalue weighted by Crippen LogP contribution is 2.40. The third-order valence-corrected chi connectivity index (χ3v) is 5.15. The quantitative estimate of drug-likeness (QED) is 0.677. The molecule has 1 aliphatic heterocycles. The highest BCUT2D eigenvalue weighted by Gasteiger charge is 2.40. The van der Waals surface area contributed by atoms with Gasteiger partial charge < -0.3 is 0 Å². The van der Waals surface area contributed by atoms with Gasteiger partial charge in [0.15, 0.2) is 0 Å². The van der Waals surface area contributed by atoms with E-state index in [0.717, 1.165) is 16.0 Å². The molecule has 0 radical (unpaired) electrons. The van der Waals surface area contributed by atoms with Crippen LogP contribution in [0.25, 0.3) is 5.57 Å². The number of benzene rings is 2. The molecular formula is C18H12Cl3NO2. The first kappa shape index (κ1) is 17.0. The van der Waals surface area contributed by atoms with E-state index >= 15 is 0 Å². The largest absolute Gasteiger partial charge is 0.277 e. The maximum absolute atomic E-state index is 12.8. The van der Waals surface area contributed by atoms with Crippen LogP contribution in [-0.2, 0) is 9.59 Å². The second-order valence-electron chi connectivity index (χ2n) is 5.51. The molecule has 1 heterocycles. The standard InChI is InChI=1S/C18H12Cl3NO2/c1-9-6-7-11(8-10(9)2)14-16(21)18(24)22(17(14)23)13-5-3-4-12(19)15(13)20/h3-8H,1-2H3. The Morgan fingerprint density at radius 2 is 1.58 bits per heavy atom. The van der Waals surface area contributed by atoms with Gasteiger partial charge in [0.2, 0.25) is 0 Å². The average molecular weight is 381 g/mol. The van der Waals surface area contributed by atoms with Crippen molar-refractivity contribution in [3.63, 3.8) is 0 Å². The molecule has 0 aliphatic carbocycles. The number of carbonyl (C=O) groups excluding carboxylic acids is 2. The Labute approximate surface area is 154 Å². The molecule has 3 nitrogen and oxygen atoms in total. The smallest absolute Gasteiger partial charge is 0.268 e. The number of hydrogen-bond donors (Lipinski definition) is 0. The average Bonchev–Trinajstić information content (AvgIpc) is 2.76. The van der Waals surface area contributed by atoms with Gasteiger partial charge in [0.25, 0.3) is 11.8 Å². The van der Waals surface area contributed by atoms with Crippen LogP contribution in [0.2, 0.25) is 10.0 Å². The second kappa shape index (κ2) is 6.25. The maximum atomic E-state index is 12.8. The molecule has 2 aromatic rings. The third-order valence-electron chi connectivity index (χ3n) is 4.00. The van der Waals surface area contributed by atoms with Crippen molar-refractivity contribution in [1.82, 2.24) is 0 Å². The summed E-state index contributed by atoms with van der Waals surface area (Å²) in [5, 5.41) is 0.261. The second-order valence-corrected chi connectivity index (χ2v) is 6.67. The fourth-order valence-corrected chi connectivity index (χ4v) is 3.19. The summed E-state index contributed by atoms with van der Waals surface area (Å²) in [5.74, 6) is -1.13. The Kier molecular flexibility index (Phi) is 4.43. The predicted molar refractivity (Wildman–Crippen MR) is 97.6 cm³/mol. The normalized spacial score (nSPS) is 14.8. The lowest BCUT2D eigenvalue weighted by molar-refractivity contribution is -0.119. The lowest BCUT2D eigenvalue weighted by Gasteiger charge is -2.17. The van der Waals surface area contributed by atoms with Crippen molar-refractivity contribution in [1.29, 1.82) is 0 Å². The number of imide groups is 1. The number of aryl methyl sites for hydroxylation is 2. The minimum Gasteiger partial charge on any atom is -0.268 e. The van der Waals surface area contributed by atoms with Gasteiger partial charge >= 0.3 is 0 Å². The van der Waals surface area contributed by atoms with E-state index in [9.17, 15) is 9.59 Å². The van der Waals surface area contributed by atoms with Crippen molar-refractivity contribution in [2.75, 3.05) is 4.90 Å². The van der Waals surface area contributed by atoms with E-state index in [2.05, 4.69) is 0 Å². The van der Waals surface area contributed by atoms with Crippen molar-refractivity contribution >= 4 is 57.9 Å².